The number of carbonyl (C=O) groups is 1. The molecule has 1 fully saturated rings. The molecule has 2 aromatic rings. The van der Waals surface area contributed by atoms with Crippen LogP contribution in [0.2, 0.25) is 0 Å². The summed E-state index contributed by atoms with van der Waals surface area (Å²) < 4.78 is 25.9. The number of piperidine rings is 1. The molecule has 1 aliphatic rings. The number of likely N-dealkylation sites (N-methyl/N-ethyl adjacent to an activating group) is 1. The molecule has 3 rings (SSSR count). The highest BCUT2D eigenvalue weighted by Gasteiger charge is 2.22. The van der Waals surface area contributed by atoms with Crippen molar-refractivity contribution in [2.75, 3.05) is 44.4 Å². The van der Waals surface area contributed by atoms with Crippen molar-refractivity contribution in [1.29, 1.82) is 0 Å². The summed E-state index contributed by atoms with van der Waals surface area (Å²) in [5, 5.41) is 2.86. The molecule has 8 heteroatoms. The molecule has 0 bridgehead atoms. The van der Waals surface area contributed by atoms with Gasteiger partial charge in [0, 0.05) is 45.1 Å². The van der Waals surface area contributed by atoms with Crippen LogP contribution in [0.4, 0.5) is 11.4 Å². The van der Waals surface area contributed by atoms with Gasteiger partial charge in [0.15, 0.2) is 0 Å². The summed E-state index contributed by atoms with van der Waals surface area (Å²) in [4.78, 5) is 17.5. The number of amides is 1. The largest absolute Gasteiger partial charge is 0.371 e. The predicted octanol–water partition coefficient (Wildman–Crippen LogP) is 3.39. The van der Waals surface area contributed by atoms with E-state index in [4.69, 9.17) is 0 Å². The molecule has 0 spiro atoms. The monoisotopic (exact) mass is 458 g/mol. The Bertz CT molecular complexity index is 1030. The standard InChI is InChI=1S/C24H34N4O3S/c1-19(24(29)25-21-12-10-13-22(17-21)32(30,31)26(2)3)27(4)18-20-11-6-7-14-23(20)28-15-8-5-9-16-28/h6-7,10-14,17,19H,5,8-9,15-16,18H2,1-4H3,(H,25,29)/t19-/m1/s1. The highest BCUT2D eigenvalue weighted by Crippen LogP contribution is 2.26. The lowest BCUT2D eigenvalue weighted by molar-refractivity contribution is -0.120. The van der Waals surface area contributed by atoms with Crippen molar-refractivity contribution < 1.29 is 13.2 Å². The zero-order valence-corrected chi connectivity index (χ0v) is 20.2. The Morgan fingerprint density at radius 2 is 1.72 bits per heavy atom. The molecule has 1 saturated heterocycles. The molecular weight excluding hydrogens is 424 g/mol. The van der Waals surface area contributed by atoms with Crippen LogP contribution < -0.4 is 10.2 Å². The number of hydrogen-bond acceptors (Lipinski definition) is 5. The first-order valence-electron chi connectivity index (χ1n) is 11.1. The Labute approximate surface area is 192 Å². The minimum Gasteiger partial charge on any atom is -0.371 e. The molecule has 7 nitrogen and oxygen atoms in total. The molecule has 32 heavy (non-hydrogen) atoms. The average molecular weight is 459 g/mol. The second-order valence-corrected chi connectivity index (χ2v) is 10.7. The molecule has 174 valence electrons. The van der Waals surface area contributed by atoms with Gasteiger partial charge >= 0.3 is 0 Å². The van der Waals surface area contributed by atoms with Crippen molar-refractivity contribution in [2.45, 2.75) is 43.7 Å². The van der Waals surface area contributed by atoms with Crippen LogP contribution in [-0.2, 0) is 21.4 Å². The number of anilines is 2. The number of nitrogens with one attached hydrogen (secondary N) is 1. The Hall–Kier alpha value is -2.42. The van der Waals surface area contributed by atoms with E-state index in [0.717, 1.165) is 17.4 Å². The molecule has 0 saturated carbocycles. The molecule has 0 unspecified atom stereocenters. The van der Waals surface area contributed by atoms with Gasteiger partial charge in [0.25, 0.3) is 0 Å². The van der Waals surface area contributed by atoms with E-state index >= 15 is 0 Å². The van der Waals surface area contributed by atoms with E-state index in [-0.39, 0.29) is 10.8 Å². The first kappa shape index (κ1) is 24.2. The summed E-state index contributed by atoms with van der Waals surface area (Å²) in [7, 11) is 1.34. The van der Waals surface area contributed by atoms with E-state index < -0.39 is 16.1 Å². The van der Waals surface area contributed by atoms with Crippen molar-refractivity contribution in [1.82, 2.24) is 9.21 Å². The maximum atomic E-state index is 12.9. The van der Waals surface area contributed by atoms with Crippen LogP contribution in [0, 0.1) is 0 Å². The molecular formula is C24H34N4O3S. The number of hydrogen-bond donors (Lipinski definition) is 1. The van der Waals surface area contributed by atoms with Gasteiger partial charge in [-0.3, -0.25) is 9.69 Å². The van der Waals surface area contributed by atoms with Gasteiger partial charge in [-0.25, -0.2) is 12.7 Å². The van der Waals surface area contributed by atoms with Gasteiger partial charge in [-0.05, 0) is 63.1 Å². The Kier molecular flexibility index (Phi) is 7.92. The lowest BCUT2D eigenvalue weighted by atomic mass is 10.1. The molecule has 1 heterocycles. The van der Waals surface area contributed by atoms with Gasteiger partial charge in [-0.15, -0.1) is 0 Å². The lowest BCUT2D eigenvalue weighted by Crippen LogP contribution is -2.39. The maximum Gasteiger partial charge on any atom is 0.242 e. The zero-order chi connectivity index (χ0) is 23.3. The third-order valence-corrected chi connectivity index (χ3v) is 7.84. The molecule has 1 amide bonds. The molecule has 0 aliphatic carbocycles. The van der Waals surface area contributed by atoms with Gasteiger partial charge in [0.05, 0.1) is 10.9 Å². The van der Waals surface area contributed by atoms with Crippen LogP contribution in [-0.4, -0.2) is 63.8 Å². The number of rotatable bonds is 8. The summed E-state index contributed by atoms with van der Waals surface area (Å²) in [6.45, 7) is 4.65. The minimum atomic E-state index is -3.56. The minimum absolute atomic E-state index is 0.150. The Balaban J connectivity index is 1.68. The number of nitrogens with zero attached hydrogens (tertiary/aromatic N) is 3. The summed E-state index contributed by atoms with van der Waals surface area (Å²) >= 11 is 0. The first-order chi connectivity index (χ1) is 15.2. The normalized spacial score (nSPS) is 15.8. The van der Waals surface area contributed by atoms with E-state index in [1.165, 1.54) is 56.7 Å². The van der Waals surface area contributed by atoms with E-state index in [0.29, 0.717) is 12.2 Å². The quantitative estimate of drug-likeness (QED) is 0.657. The van der Waals surface area contributed by atoms with E-state index in [9.17, 15) is 13.2 Å². The molecule has 0 radical (unpaired) electrons. The van der Waals surface area contributed by atoms with Crippen LogP contribution in [0.3, 0.4) is 0 Å². The first-order valence-corrected chi connectivity index (χ1v) is 12.5. The molecule has 0 aromatic heterocycles. The number of benzene rings is 2. The zero-order valence-electron chi connectivity index (χ0n) is 19.4. The van der Waals surface area contributed by atoms with Crippen LogP contribution in [0.1, 0.15) is 31.7 Å². The van der Waals surface area contributed by atoms with Gasteiger partial charge < -0.3 is 10.2 Å². The van der Waals surface area contributed by atoms with Gasteiger partial charge in [-0.2, -0.15) is 0 Å². The van der Waals surface area contributed by atoms with Gasteiger partial charge in [0.1, 0.15) is 0 Å². The van der Waals surface area contributed by atoms with Crippen LogP contribution in [0.5, 0.6) is 0 Å². The summed E-state index contributed by atoms with van der Waals surface area (Å²) in [5.74, 6) is -0.178. The van der Waals surface area contributed by atoms with Crippen LogP contribution in [0.15, 0.2) is 53.4 Å². The van der Waals surface area contributed by atoms with Gasteiger partial charge in [0.2, 0.25) is 15.9 Å². The second kappa shape index (κ2) is 10.5. The van der Waals surface area contributed by atoms with Crippen LogP contribution >= 0.6 is 0 Å². The molecule has 2 aromatic carbocycles. The van der Waals surface area contributed by atoms with Crippen molar-refractivity contribution in [2.24, 2.45) is 0 Å². The van der Waals surface area contributed by atoms with Crippen molar-refractivity contribution in [3.63, 3.8) is 0 Å². The molecule has 1 aliphatic heterocycles. The SMILES string of the molecule is C[C@H](C(=O)Nc1cccc(S(=O)(=O)N(C)C)c1)N(C)Cc1ccccc1N1CCCCC1. The average Bonchev–Trinajstić information content (AvgIpc) is 2.79. The number of para-hydroxylation sites is 1. The third kappa shape index (κ3) is 5.68. The highest BCUT2D eigenvalue weighted by molar-refractivity contribution is 7.89. The van der Waals surface area contributed by atoms with E-state index in [2.05, 4.69) is 28.4 Å². The molecule has 1 N–H and O–H groups in total. The highest BCUT2D eigenvalue weighted by atomic mass is 32.2. The van der Waals surface area contributed by atoms with Crippen molar-refractivity contribution in [3.8, 4) is 0 Å². The van der Waals surface area contributed by atoms with E-state index in [1.807, 2.05) is 24.9 Å². The maximum absolute atomic E-state index is 12.9. The number of carbonyl (C=O) groups excluding carboxylic acids is 1. The summed E-state index contributed by atoms with van der Waals surface area (Å²) in [6.07, 6.45) is 3.71. The summed E-state index contributed by atoms with van der Waals surface area (Å²) in [6, 6.07) is 14.4. The fourth-order valence-electron chi connectivity index (χ4n) is 3.89. The second-order valence-electron chi connectivity index (χ2n) is 8.57. The fraction of sp³-hybridized carbons (Fsp3) is 0.458. The number of sulfonamides is 1. The van der Waals surface area contributed by atoms with Crippen molar-refractivity contribution >= 4 is 27.3 Å². The van der Waals surface area contributed by atoms with E-state index in [1.54, 1.807) is 12.1 Å². The van der Waals surface area contributed by atoms with Gasteiger partial charge in [-0.1, -0.05) is 24.3 Å². The molecule has 1 atom stereocenters. The lowest BCUT2D eigenvalue weighted by Gasteiger charge is -2.32. The Morgan fingerprint density at radius 1 is 1.03 bits per heavy atom. The Morgan fingerprint density at radius 3 is 2.41 bits per heavy atom. The fourth-order valence-corrected chi connectivity index (χ4v) is 4.83. The topological polar surface area (TPSA) is 73.0 Å². The smallest absolute Gasteiger partial charge is 0.242 e. The predicted molar refractivity (Wildman–Crippen MR) is 129 cm³/mol. The third-order valence-electron chi connectivity index (χ3n) is 6.03. The summed E-state index contributed by atoms with van der Waals surface area (Å²) in [5.41, 5.74) is 2.91. The van der Waals surface area contributed by atoms with Crippen molar-refractivity contribution in [3.05, 3.63) is 54.1 Å². The van der Waals surface area contributed by atoms with Crippen LogP contribution in [0.25, 0.3) is 0 Å².